The third-order valence-electron chi connectivity index (χ3n) is 2.92. The van der Waals surface area contributed by atoms with Gasteiger partial charge in [0.2, 0.25) is 0 Å². The summed E-state index contributed by atoms with van der Waals surface area (Å²) >= 11 is 0. The van der Waals surface area contributed by atoms with Gasteiger partial charge in [-0.1, -0.05) is 12.1 Å². The summed E-state index contributed by atoms with van der Waals surface area (Å²) in [5, 5.41) is 23.7. The number of nitrogens with one attached hydrogen (secondary N) is 2. The fourth-order valence-corrected chi connectivity index (χ4v) is 1.88. The van der Waals surface area contributed by atoms with Crippen molar-refractivity contribution in [2.45, 2.75) is 38.9 Å². The zero-order valence-corrected chi connectivity index (χ0v) is 13.4. The molecule has 0 aliphatic heterocycles. The Hall–Kier alpha value is -2.28. The van der Waals surface area contributed by atoms with Gasteiger partial charge in [0.05, 0.1) is 12.2 Å². The molecule has 0 aliphatic carbocycles. The minimum absolute atomic E-state index is 0.00550. The summed E-state index contributed by atoms with van der Waals surface area (Å²) in [4.78, 5) is 21.9. The number of hydrogen-bond donors (Lipinski definition) is 4. The van der Waals surface area contributed by atoms with E-state index in [0.717, 1.165) is 0 Å². The molecular formula is C16H24N2O5. The molecule has 7 heteroatoms. The van der Waals surface area contributed by atoms with Crippen molar-refractivity contribution in [3.8, 4) is 5.75 Å². The predicted molar refractivity (Wildman–Crippen MR) is 85.4 cm³/mol. The third-order valence-corrected chi connectivity index (χ3v) is 2.92. The second kappa shape index (κ2) is 9.68. The maximum atomic E-state index is 11.5. The van der Waals surface area contributed by atoms with Crippen LogP contribution in [0, 0.1) is 0 Å². The number of carbonyl (C=O) groups is 2. The molecule has 128 valence electrons. The van der Waals surface area contributed by atoms with Gasteiger partial charge in [-0.15, -0.1) is 0 Å². The Bertz CT molecular complexity index is 519. The summed E-state index contributed by atoms with van der Waals surface area (Å²) in [6.45, 7) is 4.15. The molecule has 1 atom stereocenters. The third kappa shape index (κ3) is 8.06. The average molecular weight is 324 g/mol. The first kappa shape index (κ1) is 18.8. The monoisotopic (exact) mass is 324 g/mol. The van der Waals surface area contributed by atoms with Crippen molar-refractivity contribution in [2.75, 3.05) is 13.1 Å². The molecule has 1 aromatic carbocycles. The van der Waals surface area contributed by atoms with Crippen molar-refractivity contribution in [1.82, 2.24) is 10.6 Å². The van der Waals surface area contributed by atoms with Crippen LogP contribution in [0.1, 0.15) is 38.4 Å². The van der Waals surface area contributed by atoms with E-state index in [1.165, 1.54) is 0 Å². The molecular weight excluding hydrogens is 300 g/mol. The van der Waals surface area contributed by atoms with Crippen molar-refractivity contribution in [2.24, 2.45) is 0 Å². The van der Waals surface area contributed by atoms with E-state index < -0.39 is 18.1 Å². The lowest BCUT2D eigenvalue weighted by molar-refractivity contribution is -0.137. The first-order valence-electron chi connectivity index (χ1n) is 7.56. The van der Waals surface area contributed by atoms with Gasteiger partial charge in [0.15, 0.2) is 0 Å². The Labute approximate surface area is 135 Å². The Kier molecular flexibility index (Phi) is 7.90. The lowest BCUT2D eigenvalue weighted by Gasteiger charge is -2.15. The summed E-state index contributed by atoms with van der Waals surface area (Å²) in [7, 11) is 0. The fourth-order valence-electron chi connectivity index (χ4n) is 1.88. The van der Waals surface area contributed by atoms with E-state index in [1.54, 1.807) is 24.3 Å². The van der Waals surface area contributed by atoms with Crippen LogP contribution in [0.2, 0.25) is 0 Å². The standard InChI is InChI=1S/C16H24N2O5/c1-11(2)23-13-6-3-5-12(9-13)14(19)10-18-16(22)17-8-4-7-15(20)21/h3,5-6,9,11,14,19H,4,7-8,10H2,1-2H3,(H,20,21)(H2,17,18,22). The summed E-state index contributed by atoms with van der Waals surface area (Å²) in [5.74, 6) is -0.235. The van der Waals surface area contributed by atoms with E-state index in [2.05, 4.69) is 10.6 Å². The molecule has 1 aromatic rings. The minimum Gasteiger partial charge on any atom is -0.491 e. The number of ether oxygens (including phenoxy) is 1. The summed E-state index contributed by atoms with van der Waals surface area (Å²) in [5.41, 5.74) is 0.648. The number of urea groups is 1. The van der Waals surface area contributed by atoms with Gasteiger partial charge in [-0.2, -0.15) is 0 Å². The Morgan fingerprint density at radius 2 is 2.00 bits per heavy atom. The smallest absolute Gasteiger partial charge is 0.314 e. The van der Waals surface area contributed by atoms with Crippen molar-refractivity contribution < 1.29 is 24.5 Å². The van der Waals surface area contributed by atoms with Gasteiger partial charge in [-0.3, -0.25) is 4.79 Å². The number of carboxylic acid groups (broad SMARTS) is 1. The molecule has 0 radical (unpaired) electrons. The zero-order chi connectivity index (χ0) is 17.2. The van der Waals surface area contributed by atoms with E-state index in [-0.39, 0.29) is 25.6 Å². The normalized spacial score (nSPS) is 11.8. The van der Waals surface area contributed by atoms with Crippen molar-refractivity contribution in [3.05, 3.63) is 29.8 Å². The van der Waals surface area contributed by atoms with Crippen molar-refractivity contribution in [1.29, 1.82) is 0 Å². The Morgan fingerprint density at radius 3 is 2.65 bits per heavy atom. The Morgan fingerprint density at radius 1 is 1.26 bits per heavy atom. The lowest BCUT2D eigenvalue weighted by Crippen LogP contribution is -2.38. The summed E-state index contributed by atoms with van der Waals surface area (Å²) in [6.07, 6.45) is -0.446. The van der Waals surface area contributed by atoms with Gasteiger partial charge in [-0.25, -0.2) is 4.79 Å². The van der Waals surface area contributed by atoms with Crippen LogP contribution in [0.15, 0.2) is 24.3 Å². The molecule has 7 nitrogen and oxygen atoms in total. The van der Waals surface area contributed by atoms with Gasteiger partial charge >= 0.3 is 12.0 Å². The second-order valence-electron chi connectivity index (χ2n) is 5.39. The largest absolute Gasteiger partial charge is 0.491 e. The molecule has 0 saturated carbocycles. The molecule has 23 heavy (non-hydrogen) atoms. The lowest BCUT2D eigenvalue weighted by atomic mass is 10.1. The molecule has 1 rings (SSSR count). The van der Waals surface area contributed by atoms with Gasteiger partial charge in [0.1, 0.15) is 5.75 Å². The number of aliphatic hydroxyl groups is 1. The van der Waals surface area contributed by atoms with Crippen LogP contribution in [0.4, 0.5) is 4.79 Å². The number of rotatable bonds is 9. The quantitative estimate of drug-likeness (QED) is 0.517. The molecule has 0 aromatic heterocycles. The van der Waals surface area contributed by atoms with Crippen LogP contribution < -0.4 is 15.4 Å². The molecule has 0 fully saturated rings. The molecule has 4 N–H and O–H groups in total. The first-order chi connectivity index (χ1) is 10.9. The van der Waals surface area contributed by atoms with Gasteiger partial charge in [-0.05, 0) is 38.0 Å². The van der Waals surface area contributed by atoms with E-state index in [9.17, 15) is 14.7 Å². The molecule has 0 saturated heterocycles. The number of carbonyl (C=O) groups excluding carboxylic acids is 1. The average Bonchev–Trinajstić information content (AvgIpc) is 2.48. The number of amides is 2. The summed E-state index contributed by atoms with van der Waals surface area (Å²) in [6, 6.07) is 6.63. The minimum atomic E-state index is -0.897. The second-order valence-corrected chi connectivity index (χ2v) is 5.39. The molecule has 2 amide bonds. The number of carboxylic acids is 1. The number of benzene rings is 1. The predicted octanol–water partition coefficient (Wildman–Crippen LogP) is 1.67. The topological polar surface area (TPSA) is 108 Å². The van der Waals surface area contributed by atoms with Gasteiger partial charge < -0.3 is 25.6 Å². The SMILES string of the molecule is CC(C)Oc1cccc(C(O)CNC(=O)NCCCC(=O)O)c1. The van der Waals surface area contributed by atoms with E-state index in [4.69, 9.17) is 9.84 Å². The van der Waals surface area contributed by atoms with Crippen LogP contribution in [0.3, 0.4) is 0 Å². The van der Waals surface area contributed by atoms with Gasteiger partial charge in [0.25, 0.3) is 0 Å². The van der Waals surface area contributed by atoms with Gasteiger partial charge in [0, 0.05) is 19.5 Å². The highest BCUT2D eigenvalue weighted by Crippen LogP contribution is 2.19. The molecule has 0 spiro atoms. The molecule has 0 aliphatic rings. The van der Waals surface area contributed by atoms with E-state index >= 15 is 0 Å². The molecule has 0 bridgehead atoms. The highest BCUT2D eigenvalue weighted by molar-refractivity contribution is 5.74. The van der Waals surface area contributed by atoms with Crippen LogP contribution in [-0.2, 0) is 4.79 Å². The van der Waals surface area contributed by atoms with Crippen LogP contribution in [0.5, 0.6) is 5.75 Å². The highest BCUT2D eigenvalue weighted by Gasteiger charge is 2.10. The van der Waals surface area contributed by atoms with Crippen LogP contribution >= 0.6 is 0 Å². The molecule has 1 unspecified atom stereocenters. The van der Waals surface area contributed by atoms with Crippen molar-refractivity contribution in [3.63, 3.8) is 0 Å². The zero-order valence-electron chi connectivity index (χ0n) is 13.4. The number of aliphatic carboxylic acids is 1. The maximum absolute atomic E-state index is 11.5. The Balaban J connectivity index is 2.36. The first-order valence-corrected chi connectivity index (χ1v) is 7.56. The van der Waals surface area contributed by atoms with Crippen LogP contribution in [-0.4, -0.2) is 41.4 Å². The van der Waals surface area contributed by atoms with E-state index in [0.29, 0.717) is 17.7 Å². The number of aliphatic hydroxyl groups excluding tert-OH is 1. The number of hydrogen-bond acceptors (Lipinski definition) is 4. The van der Waals surface area contributed by atoms with E-state index in [1.807, 2.05) is 13.8 Å². The van der Waals surface area contributed by atoms with Crippen LogP contribution in [0.25, 0.3) is 0 Å². The molecule has 0 heterocycles. The highest BCUT2D eigenvalue weighted by atomic mass is 16.5. The maximum Gasteiger partial charge on any atom is 0.314 e. The van der Waals surface area contributed by atoms with Crippen molar-refractivity contribution >= 4 is 12.0 Å². The fraction of sp³-hybridized carbons (Fsp3) is 0.500. The summed E-state index contributed by atoms with van der Waals surface area (Å²) < 4.78 is 5.56.